The third-order valence-corrected chi connectivity index (χ3v) is 16.2. The van der Waals surface area contributed by atoms with Crippen molar-refractivity contribution in [2.24, 2.45) is 10.9 Å². The lowest BCUT2D eigenvalue weighted by Gasteiger charge is -2.39. The number of piperazine rings is 2. The number of aromatic nitrogens is 4. The average Bonchev–Trinajstić information content (AvgIpc) is 4.30. The molecule has 3 aliphatic heterocycles. The second kappa shape index (κ2) is 27.2. The number of aryl methyl sites for hydroxylation is 1. The van der Waals surface area contributed by atoms with Crippen LogP contribution in [0, 0.1) is 5.92 Å². The maximum Gasteiger partial charge on any atom is 0.0921 e. The maximum absolute atomic E-state index is 6.23. The number of unbranched alkanes of at least 4 members (excludes halogenated alkanes) is 2. The number of pyridine rings is 2. The predicted molar refractivity (Wildman–Crippen MR) is 316 cm³/mol. The highest BCUT2D eigenvalue weighted by atomic mass is 35.5. The summed E-state index contributed by atoms with van der Waals surface area (Å²) < 4.78 is 0. The first kappa shape index (κ1) is 53.8. The lowest BCUT2D eigenvalue weighted by atomic mass is 9.62. The molecular weight excluding hydrogens is 990 g/mol. The van der Waals surface area contributed by atoms with Gasteiger partial charge in [0, 0.05) is 105 Å². The van der Waals surface area contributed by atoms with Crippen molar-refractivity contribution in [2.45, 2.75) is 56.0 Å². The summed E-state index contributed by atoms with van der Waals surface area (Å²) in [6.07, 6.45) is 18.9. The standard InChI is InChI=1S/C43H43ClN4.C23H28ClN5/c44-39-24-22-34(23-25-39)42(41-21-10-12-26-45-41)48-30-28-47(29-31-48)27-13-11-20-40-32-38(33-46-40)43(35-14-4-1-5-15-35,36-16-6-2-7-17-36)37-18-8-3-9-19-37;24-20-9-7-19(8-10-20)23(22-6-1-3-11-26-22)29-15-13-28(14-16-29)12-4-2-5-21-17-25-18-27-21/h1-10,12,14-19,21-26,32-33,38,42H,11,13,20,27-31H2;1,3,6-11,17-18,23H,2,4-5,12-16H2,(H,25,27). The Kier molecular flexibility index (Phi) is 19.0. The van der Waals surface area contributed by atoms with Gasteiger partial charge < -0.3 is 14.8 Å². The van der Waals surface area contributed by atoms with Crippen molar-refractivity contribution >= 4 is 29.4 Å². The monoisotopic (exact) mass is 1060 g/mol. The molecule has 3 aromatic heterocycles. The fraction of sp³-hybridized carbons (Fsp3) is 0.303. The fourth-order valence-corrected chi connectivity index (χ4v) is 12.0. The minimum absolute atomic E-state index is 0.125. The number of nitrogens with zero attached hydrogens (tertiary/aromatic N) is 8. The van der Waals surface area contributed by atoms with E-state index < -0.39 is 0 Å². The Hall–Kier alpha value is -6.56. The molecule has 0 spiro atoms. The number of hydrogen-bond donors (Lipinski definition) is 1. The van der Waals surface area contributed by atoms with Gasteiger partial charge >= 0.3 is 0 Å². The van der Waals surface area contributed by atoms with Gasteiger partial charge in [-0.05, 0) is 128 Å². The number of allylic oxidation sites excluding steroid dienone is 2. The molecule has 2 saturated heterocycles. The van der Waals surface area contributed by atoms with Gasteiger partial charge in [-0.2, -0.15) is 0 Å². The number of aromatic amines is 1. The van der Waals surface area contributed by atoms with Crippen LogP contribution in [0.3, 0.4) is 0 Å². The number of rotatable bonds is 20. The lowest BCUT2D eigenvalue weighted by Crippen LogP contribution is -2.48. The number of H-pyrrole nitrogens is 1. The van der Waals surface area contributed by atoms with Crippen molar-refractivity contribution in [2.75, 3.05) is 65.4 Å². The third kappa shape index (κ3) is 13.8. The smallest absolute Gasteiger partial charge is 0.0921 e. The topological polar surface area (TPSA) is 79.8 Å². The van der Waals surface area contributed by atoms with Crippen molar-refractivity contribution in [1.82, 2.24) is 39.5 Å². The molecule has 0 radical (unpaired) electrons. The van der Waals surface area contributed by atoms with Crippen molar-refractivity contribution in [1.29, 1.82) is 0 Å². The van der Waals surface area contributed by atoms with Gasteiger partial charge in [-0.15, -0.1) is 0 Å². The Morgan fingerprint density at radius 2 is 0.935 bits per heavy atom. The summed E-state index contributed by atoms with van der Waals surface area (Å²) >= 11 is 12.3. The predicted octanol–water partition coefficient (Wildman–Crippen LogP) is 13.4. The minimum atomic E-state index is -0.353. The van der Waals surface area contributed by atoms with Crippen LogP contribution in [-0.2, 0) is 11.8 Å². The highest BCUT2D eigenvalue weighted by Gasteiger charge is 2.43. The van der Waals surface area contributed by atoms with Gasteiger partial charge in [-0.1, -0.05) is 157 Å². The molecule has 0 aliphatic carbocycles. The molecular formula is C66H71Cl2N9. The van der Waals surface area contributed by atoms with Crippen molar-refractivity contribution in [3.63, 3.8) is 0 Å². The molecule has 3 aliphatic rings. The molecule has 11 rings (SSSR count). The van der Waals surface area contributed by atoms with Crippen molar-refractivity contribution in [3.05, 3.63) is 268 Å². The first-order valence-corrected chi connectivity index (χ1v) is 28.4. The average molecular weight is 1060 g/mol. The van der Waals surface area contributed by atoms with Gasteiger partial charge in [0.05, 0.1) is 35.2 Å². The van der Waals surface area contributed by atoms with E-state index >= 15 is 0 Å². The van der Waals surface area contributed by atoms with E-state index in [1.165, 1.54) is 58.5 Å². The van der Waals surface area contributed by atoms with Gasteiger partial charge in [0.1, 0.15) is 0 Å². The molecule has 0 bridgehead atoms. The van der Waals surface area contributed by atoms with Crippen LogP contribution in [0.15, 0.2) is 218 Å². The maximum atomic E-state index is 6.23. The molecule has 0 saturated carbocycles. The van der Waals surface area contributed by atoms with E-state index in [1.54, 1.807) is 6.33 Å². The molecule has 77 heavy (non-hydrogen) atoms. The largest absolute Gasteiger partial charge is 0.348 e. The fourth-order valence-electron chi connectivity index (χ4n) is 11.7. The van der Waals surface area contributed by atoms with E-state index in [0.717, 1.165) is 106 Å². The van der Waals surface area contributed by atoms with Crippen LogP contribution in [-0.4, -0.2) is 111 Å². The quantitative estimate of drug-likeness (QED) is 0.0602. The summed E-state index contributed by atoms with van der Waals surface area (Å²) in [5.74, 6) is 0.125. The number of imidazole rings is 1. The second-order valence-corrected chi connectivity index (χ2v) is 21.4. The van der Waals surface area contributed by atoms with E-state index in [9.17, 15) is 0 Å². The zero-order valence-electron chi connectivity index (χ0n) is 44.1. The van der Waals surface area contributed by atoms with Gasteiger partial charge in [0.15, 0.2) is 0 Å². The third-order valence-electron chi connectivity index (χ3n) is 15.7. The van der Waals surface area contributed by atoms with Gasteiger partial charge in [-0.25, -0.2) is 4.98 Å². The summed E-state index contributed by atoms with van der Waals surface area (Å²) in [4.78, 5) is 32.0. The van der Waals surface area contributed by atoms with E-state index in [0.29, 0.717) is 0 Å². The number of benzene rings is 5. The molecule has 6 heterocycles. The molecule has 3 atom stereocenters. The van der Waals surface area contributed by atoms with E-state index in [1.807, 2.05) is 55.0 Å². The Morgan fingerprint density at radius 1 is 0.494 bits per heavy atom. The molecule has 3 unspecified atom stereocenters. The van der Waals surface area contributed by atoms with Gasteiger partial charge in [-0.3, -0.25) is 24.8 Å². The van der Waals surface area contributed by atoms with Gasteiger partial charge in [0.25, 0.3) is 0 Å². The lowest BCUT2D eigenvalue weighted by molar-refractivity contribution is 0.107. The van der Waals surface area contributed by atoms with E-state index in [4.69, 9.17) is 33.2 Å². The second-order valence-electron chi connectivity index (χ2n) is 20.5. The summed E-state index contributed by atoms with van der Waals surface area (Å²) in [7, 11) is 0. The van der Waals surface area contributed by atoms with Crippen LogP contribution in [0.1, 0.15) is 89.1 Å². The number of nitrogens with one attached hydrogen (secondary N) is 1. The number of aliphatic imine (C=N–C) groups is 1. The van der Waals surface area contributed by atoms with Crippen LogP contribution < -0.4 is 0 Å². The van der Waals surface area contributed by atoms with Gasteiger partial charge in [0.2, 0.25) is 0 Å². The Balaban J connectivity index is 0.000000198. The first-order valence-electron chi connectivity index (χ1n) is 27.7. The highest BCUT2D eigenvalue weighted by molar-refractivity contribution is 6.30. The van der Waals surface area contributed by atoms with Crippen molar-refractivity contribution in [3.8, 4) is 0 Å². The molecule has 0 amide bonds. The van der Waals surface area contributed by atoms with Crippen LogP contribution in [0.5, 0.6) is 0 Å². The van der Waals surface area contributed by atoms with Crippen LogP contribution >= 0.6 is 23.2 Å². The van der Waals surface area contributed by atoms with E-state index in [2.05, 4.69) is 186 Å². The number of hydrogen-bond acceptors (Lipinski definition) is 8. The molecule has 9 nitrogen and oxygen atoms in total. The molecule has 5 aromatic carbocycles. The molecule has 394 valence electrons. The Morgan fingerprint density at radius 3 is 1.35 bits per heavy atom. The molecule has 11 heteroatoms. The summed E-state index contributed by atoms with van der Waals surface area (Å²) in [5, 5.41) is 1.54. The molecule has 8 aromatic rings. The first-order chi connectivity index (χ1) is 38.0. The van der Waals surface area contributed by atoms with Crippen LogP contribution in [0.25, 0.3) is 0 Å². The Labute approximate surface area is 466 Å². The highest BCUT2D eigenvalue weighted by Crippen LogP contribution is 2.47. The SMILES string of the molecule is Clc1ccc(C(c2ccccn2)N2CCN(CCCCC3=CC(C(c4ccccc4)(c4ccccc4)c4ccccc4)C=N3)CC2)cc1.Clc1ccc(C(c2ccccn2)N2CCN(CCCCc3cnc[nH]3)CC2)cc1. The Bertz CT molecular complexity index is 2920. The van der Waals surface area contributed by atoms with Crippen LogP contribution in [0.2, 0.25) is 10.0 Å². The van der Waals surface area contributed by atoms with Crippen LogP contribution in [0.4, 0.5) is 0 Å². The normalized spacial score (nSPS) is 17.3. The zero-order chi connectivity index (χ0) is 52.5. The molecule has 1 N–H and O–H groups in total. The summed E-state index contributed by atoms with van der Waals surface area (Å²) in [6.45, 7) is 10.7. The zero-order valence-corrected chi connectivity index (χ0v) is 45.6. The van der Waals surface area contributed by atoms with Crippen molar-refractivity contribution < 1.29 is 0 Å². The summed E-state index contributed by atoms with van der Waals surface area (Å²) in [6, 6.07) is 62.0. The summed E-state index contributed by atoms with van der Waals surface area (Å²) in [5.41, 5.74) is 10.6. The molecule has 2 fully saturated rings. The number of halogens is 2. The minimum Gasteiger partial charge on any atom is -0.348 e. The van der Waals surface area contributed by atoms with E-state index in [-0.39, 0.29) is 23.4 Å².